The highest BCUT2D eigenvalue weighted by atomic mass is 16.5. The summed E-state index contributed by atoms with van der Waals surface area (Å²) in [5.41, 5.74) is 4.22. The fourth-order valence-corrected chi connectivity index (χ4v) is 5.77. The minimum atomic E-state index is -0.936. The monoisotopic (exact) mass is 448 g/mol. The van der Waals surface area contributed by atoms with Crippen molar-refractivity contribution in [1.82, 2.24) is 10.6 Å². The molecule has 3 aliphatic rings. The highest BCUT2D eigenvalue weighted by Gasteiger charge is 2.65. The topological polar surface area (TPSA) is 105 Å². The Morgan fingerprint density at radius 3 is 2.33 bits per heavy atom. The average molecular weight is 449 g/mol. The molecule has 3 N–H and O–H groups in total. The third kappa shape index (κ3) is 3.96. The van der Waals surface area contributed by atoms with Gasteiger partial charge in [0.2, 0.25) is 5.91 Å². The Balaban J connectivity index is 1.16. The summed E-state index contributed by atoms with van der Waals surface area (Å²) in [6.07, 6.45) is 1.53. The molecule has 3 aliphatic carbocycles. The largest absolute Gasteiger partial charge is 0.481 e. The number of benzene rings is 2. The summed E-state index contributed by atoms with van der Waals surface area (Å²) >= 11 is 0. The zero-order valence-corrected chi connectivity index (χ0v) is 18.5. The lowest BCUT2D eigenvalue weighted by Crippen LogP contribution is -2.41. The number of hydrogen-bond acceptors (Lipinski definition) is 4. The van der Waals surface area contributed by atoms with E-state index in [1.54, 1.807) is 6.92 Å². The minimum absolute atomic E-state index is 0.00738. The standard InChI is InChI=1S/C26H28N2O5/c1-15(10-23(29)30)27-24(31)26-12-16(26)11-17(13-26)28-25(32)33-14-22-20-8-4-2-6-18(20)19-7-3-5-9-21(19)22/h2-9,15-17,22H,10-14H2,1H3,(H,27,31)(H,28,32)(H,29,30)/t15-,16-,17+,26+/m1/s1. The number of carbonyl (C=O) groups is 3. The molecule has 0 aromatic heterocycles. The molecule has 7 heteroatoms. The number of amides is 2. The van der Waals surface area contributed by atoms with E-state index in [1.165, 1.54) is 22.3 Å². The Morgan fingerprint density at radius 2 is 1.70 bits per heavy atom. The van der Waals surface area contributed by atoms with Gasteiger partial charge in [-0.05, 0) is 54.4 Å². The number of rotatable bonds is 7. The van der Waals surface area contributed by atoms with E-state index in [-0.39, 0.29) is 36.8 Å². The quantitative estimate of drug-likeness (QED) is 0.599. The molecule has 0 saturated heterocycles. The van der Waals surface area contributed by atoms with Crippen LogP contribution in [0.4, 0.5) is 4.79 Å². The third-order valence-corrected chi connectivity index (χ3v) is 7.39. The first-order valence-corrected chi connectivity index (χ1v) is 11.5. The summed E-state index contributed by atoms with van der Waals surface area (Å²) in [6.45, 7) is 1.95. The summed E-state index contributed by atoms with van der Waals surface area (Å²) in [7, 11) is 0. The Kier molecular flexibility index (Phi) is 5.35. The average Bonchev–Trinajstić information content (AvgIpc) is 3.20. The smallest absolute Gasteiger partial charge is 0.407 e. The lowest BCUT2D eigenvalue weighted by Gasteiger charge is -2.20. The van der Waals surface area contributed by atoms with Gasteiger partial charge in [-0.25, -0.2) is 4.79 Å². The van der Waals surface area contributed by atoms with Gasteiger partial charge in [0, 0.05) is 18.0 Å². The van der Waals surface area contributed by atoms with Crippen LogP contribution in [0.25, 0.3) is 11.1 Å². The highest BCUT2D eigenvalue weighted by Crippen LogP contribution is 2.63. The van der Waals surface area contributed by atoms with Crippen molar-refractivity contribution in [3.63, 3.8) is 0 Å². The maximum absolute atomic E-state index is 12.7. The van der Waals surface area contributed by atoms with Crippen molar-refractivity contribution in [3.05, 3.63) is 59.7 Å². The second-order valence-corrected chi connectivity index (χ2v) is 9.64. The number of carbonyl (C=O) groups excluding carboxylic acids is 2. The number of alkyl carbamates (subject to hydrolysis) is 1. The molecule has 0 radical (unpaired) electrons. The molecule has 172 valence electrons. The van der Waals surface area contributed by atoms with E-state index in [0.29, 0.717) is 6.42 Å². The van der Waals surface area contributed by atoms with Crippen molar-refractivity contribution in [3.8, 4) is 11.1 Å². The summed E-state index contributed by atoms with van der Waals surface area (Å²) in [4.78, 5) is 36.1. The van der Waals surface area contributed by atoms with Crippen molar-refractivity contribution < 1.29 is 24.2 Å². The molecular formula is C26H28N2O5. The summed E-state index contributed by atoms with van der Waals surface area (Å²) < 4.78 is 5.64. The fraction of sp³-hybridized carbons (Fsp3) is 0.423. The first kappa shape index (κ1) is 21.5. The van der Waals surface area contributed by atoms with Crippen LogP contribution in [-0.2, 0) is 14.3 Å². The van der Waals surface area contributed by atoms with Gasteiger partial charge in [0.1, 0.15) is 6.61 Å². The Hall–Kier alpha value is -3.35. The number of carboxylic acids is 1. The molecule has 2 aromatic rings. The van der Waals surface area contributed by atoms with Crippen LogP contribution in [0.2, 0.25) is 0 Å². The van der Waals surface area contributed by atoms with E-state index >= 15 is 0 Å². The molecule has 0 spiro atoms. The van der Waals surface area contributed by atoms with Crippen LogP contribution >= 0.6 is 0 Å². The molecular weight excluding hydrogens is 420 g/mol. The molecule has 7 nitrogen and oxygen atoms in total. The van der Waals surface area contributed by atoms with Crippen LogP contribution in [0.15, 0.2) is 48.5 Å². The van der Waals surface area contributed by atoms with Crippen molar-refractivity contribution in [2.75, 3.05) is 6.61 Å². The van der Waals surface area contributed by atoms with E-state index in [1.807, 2.05) is 24.3 Å². The summed E-state index contributed by atoms with van der Waals surface area (Å²) in [5.74, 6) is -0.798. The molecule has 2 saturated carbocycles. The van der Waals surface area contributed by atoms with Crippen molar-refractivity contribution in [1.29, 1.82) is 0 Å². The van der Waals surface area contributed by atoms with E-state index in [9.17, 15) is 14.4 Å². The molecule has 33 heavy (non-hydrogen) atoms. The van der Waals surface area contributed by atoms with Gasteiger partial charge in [-0.1, -0.05) is 48.5 Å². The Labute approximate surface area is 192 Å². The van der Waals surface area contributed by atoms with Gasteiger partial charge in [-0.15, -0.1) is 0 Å². The minimum Gasteiger partial charge on any atom is -0.481 e. The van der Waals surface area contributed by atoms with Crippen LogP contribution in [0, 0.1) is 11.3 Å². The zero-order valence-electron chi connectivity index (χ0n) is 18.5. The molecule has 0 heterocycles. The van der Waals surface area contributed by atoms with Gasteiger partial charge >= 0.3 is 12.1 Å². The van der Waals surface area contributed by atoms with E-state index in [0.717, 1.165) is 12.8 Å². The molecule has 0 aliphatic heterocycles. The van der Waals surface area contributed by atoms with E-state index in [4.69, 9.17) is 9.84 Å². The summed E-state index contributed by atoms with van der Waals surface area (Å²) in [6, 6.07) is 15.9. The van der Waals surface area contributed by atoms with Crippen molar-refractivity contribution in [2.45, 2.75) is 50.6 Å². The molecule has 5 rings (SSSR count). The third-order valence-electron chi connectivity index (χ3n) is 7.39. The molecule has 0 bridgehead atoms. The Bertz CT molecular complexity index is 1070. The fourth-order valence-electron chi connectivity index (χ4n) is 5.77. The second-order valence-electron chi connectivity index (χ2n) is 9.64. The maximum atomic E-state index is 12.7. The van der Waals surface area contributed by atoms with Gasteiger partial charge in [0.05, 0.1) is 11.8 Å². The number of fused-ring (bicyclic) bond motifs is 4. The maximum Gasteiger partial charge on any atom is 0.407 e. The molecule has 2 fully saturated rings. The van der Waals surface area contributed by atoms with Gasteiger partial charge in [0.25, 0.3) is 0 Å². The van der Waals surface area contributed by atoms with E-state index in [2.05, 4.69) is 34.9 Å². The Morgan fingerprint density at radius 1 is 1.06 bits per heavy atom. The predicted octanol–water partition coefficient (Wildman–Crippen LogP) is 3.67. The van der Waals surface area contributed by atoms with E-state index < -0.39 is 23.5 Å². The molecule has 4 atom stereocenters. The van der Waals surface area contributed by atoms with Crippen LogP contribution in [-0.4, -0.2) is 41.8 Å². The molecule has 2 amide bonds. The molecule has 2 aromatic carbocycles. The molecule has 0 unspecified atom stereocenters. The first-order chi connectivity index (χ1) is 15.9. The van der Waals surface area contributed by atoms with Crippen LogP contribution in [0.5, 0.6) is 0 Å². The van der Waals surface area contributed by atoms with Gasteiger partial charge in [-0.3, -0.25) is 9.59 Å². The predicted molar refractivity (Wildman–Crippen MR) is 122 cm³/mol. The number of hydrogen-bond donors (Lipinski definition) is 3. The normalized spacial score (nSPS) is 25.4. The van der Waals surface area contributed by atoms with Crippen LogP contribution in [0.1, 0.15) is 49.7 Å². The lowest BCUT2D eigenvalue weighted by molar-refractivity contribution is -0.137. The van der Waals surface area contributed by atoms with Crippen molar-refractivity contribution >= 4 is 18.0 Å². The van der Waals surface area contributed by atoms with Crippen molar-refractivity contribution in [2.24, 2.45) is 11.3 Å². The zero-order chi connectivity index (χ0) is 23.2. The summed E-state index contributed by atoms with van der Waals surface area (Å²) in [5, 5.41) is 14.7. The second kappa shape index (κ2) is 8.21. The number of nitrogens with one attached hydrogen (secondary N) is 2. The number of aliphatic carboxylic acids is 1. The van der Waals surface area contributed by atoms with Gasteiger partial charge in [0.15, 0.2) is 0 Å². The number of carboxylic acid groups (broad SMARTS) is 1. The van der Waals surface area contributed by atoms with Crippen LogP contribution in [0.3, 0.4) is 0 Å². The number of ether oxygens (including phenoxy) is 1. The highest BCUT2D eigenvalue weighted by molar-refractivity contribution is 5.87. The van der Waals surface area contributed by atoms with Gasteiger partial charge < -0.3 is 20.5 Å². The van der Waals surface area contributed by atoms with Gasteiger partial charge in [-0.2, -0.15) is 0 Å². The first-order valence-electron chi connectivity index (χ1n) is 11.5. The lowest BCUT2D eigenvalue weighted by atomic mass is 9.98. The SMILES string of the molecule is C[C@H](CC(=O)O)NC(=O)[C@@]12C[C@@H](NC(=O)OCC3c4ccccc4-c4ccccc43)C[C@@H]1C2. The van der Waals surface area contributed by atoms with Crippen LogP contribution < -0.4 is 10.6 Å².